The molecule has 0 heterocycles. The van der Waals surface area contributed by atoms with Gasteiger partial charge in [-0.05, 0) is 42.4 Å². The zero-order valence-electron chi connectivity index (χ0n) is 15.2. The fourth-order valence-electron chi connectivity index (χ4n) is 5.24. The molecule has 21 heavy (non-hydrogen) atoms. The fraction of sp³-hybridized carbons (Fsp3) is 1.00. The topological polar surface area (TPSA) is 0 Å². The summed E-state index contributed by atoms with van der Waals surface area (Å²) in [7, 11) is 0. The molecule has 2 fully saturated rings. The quantitative estimate of drug-likeness (QED) is 0.469. The molecule has 0 nitrogen and oxygen atoms in total. The van der Waals surface area contributed by atoms with Crippen LogP contribution < -0.4 is 0 Å². The van der Waals surface area contributed by atoms with Crippen molar-refractivity contribution in [3.05, 3.63) is 0 Å². The molecule has 0 bridgehead atoms. The van der Waals surface area contributed by atoms with E-state index in [1.54, 1.807) is 0 Å². The van der Waals surface area contributed by atoms with E-state index < -0.39 is 0 Å². The van der Waals surface area contributed by atoms with Gasteiger partial charge in [0.2, 0.25) is 0 Å². The molecule has 2 aliphatic rings. The Morgan fingerprint density at radius 3 is 1.52 bits per heavy atom. The summed E-state index contributed by atoms with van der Waals surface area (Å²) in [6.07, 6.45) is 22.3. The van der Waals surface area contributed by atoms with Crippen molar-refractivity contribution >= 4 is 0 Å². The third-order valence-corrected chi connectivity index (χ3v) is 7.30. The molecule has 1 unspecified atom stereocenters. The molecule has 0 aromatic carbocycles. The minimum atomic E-state index is 0.538. The Bertz CT molecular complexity index is 280. The van der Waals surface area contributed by atoms with Gasteiger partial charge in [0, 0.05) is 0 Å². The molecule has 0 aromatic rings. The van der Waals surface area contributed by atoms with E-state index in [-0.39, 0.29) is 0 Å². The van der Waals surface area contributed by atoms with Crippen LogP contribution in [0.1, 0.15) is 117 Å². The van der Waals surface area contributed by atoms with Gasteiger partial charge >= 0.3 is 0 Å². The van der Waals surface area contributed by atoms with Gasteiger partial charge in [-0.3, -0.25) is 0 Å². The largest absolute Gasteiger partial charge is 0.0594 e. The van der Waals surface area contributed by atoms with Crippen LogP contribution in [-0.4, -0.2) is 0 Å². The van der Waals surface area contributed by atoms with Crippen molar-refractivity contribution in [3.8, 4) is 0 Å². The van der Waals surface area contributed by atoms with Crippen LogP contribution in [0.4, 0.5) is 0 Å². The minimum absolute atomic E-state index is 0.538. The van der Waals surface area contributed by atoms with E-state index in [4.69, 9.17) is 0 Å². The van der Waals surface area contributed by atoms with E-state index in [1.807, 2.05) is 0 Å². The number of hydrogen-bond donors (Lipinski definition) is 0. The Kier molecular flexibility index (Phi) is 6.63. The van der Waals surface area contributed by atoms with Gasteiger partial charge in [-0.2, -0.15) is 0 Å². The Hall–Kier alpha value is 0. The van der Waals surface area contributed by atoms with Crippen molar-refractivity contribution in [3.63, 3.8) is 0 Å². The summed E-state index contributed by atoms with van der Waals surface area (Å²) in [6.45, 7) is 7.89. The molecule has 0 aliphatic heterocycles. The Balaban J connectivity index is 2.14. The fourth-order valence-corrected chi connectivity index (χ4v) is 5.24. The first kappa shape index (κ1) is 17.4. The molecule has 0 aromatic heterocycles. The van der Waals surface area contributed by atoms with Gasteiger partial charge in [0.05, 0.1) is 0 Å². The van der Waals surface area contributed by atoms with Crippen LogP contribution in [-0.2, 0) is 0 Å². The first-order chi connectivity index (χ1) is 10.1. The predicted molar refractivity (Wildman–Crippen MR) is 94.6 cm³/mol. The summed E-state index contributed by atoms with van der Waals surface area (Å²) in [6, 6.07) is 0. The van der Waals surface area contributed by atoms with Crippen LogP contribution in [0.5, 0.6) is 0 Å². The Labute approximate surface area is 134 Å². The molecule has 2 rings (SSSR count). The lowest BCUT2D eigenvalue weighted by Gasteiger charge is -2.50. The summed E-state index contributed by atoms with van der Waals surface area (Å²) in [5, 5.41) is 0. The van der Waals surface area contributed by atoms with E-state index in [0.717, 1.165) is 5.92 Å². The molecule has 0 amide bonds. The van der Waals surface area contributed by atoms with Gasteiger partial charge in [-0.1, -0.05) is 91.4 Å². The summed E-state index contributed by atoms with van der Waals surface area (Å²) < 4.78 is 0. The molecule has 0 saturated heterocycles. The maximum Gasteiger partial charge on any atom is -0.0246 e. The molecule has 124 valence electrons. The van der Waals surface area contributed by atoms with Crippen LogP contribution in [0.15, 0.2) is 0 Å². The van der Waals surface area contributed by atoms with Crippen LogP contribution in [0, 0.1) is 16.7 Å². The molecule has 2 saturated carbocycles. The van der Waals surface area contributed by atoms with Crippen LogP contribution in [0.3, 0.4) is 0 Å². The van der Waals surface area contributed by atoms with Gasteiger partial charge in [-0.15, -0.1) is 0 Å². The van der Waals surface area contributed by atoms with Crippen molar-refractivity contribution in [2.45, 2.75) is 117 Å². The third kappa shape index (κ3) is 4.49. The molecule has 1 atom stereocenters. The second-order valence-electron chi connectivity index (χ2n) is 8.96. The lowest BCUT2D eigenvalue weighted by molar-refractivity contribution is -0.00730. The van der Waals surface area contributed by atoms with E-state index >= 15 is 0 Å². The SMILES string of the molecule is CC1(C)CCCCCCCC1(C)C1CCCCCCCC1. The Morgan fingerprint density at radius 2 is 0.952 bits per heavy atom. The van der Waals surface area contributed by atoms with Gasteiger partial charge in [0.1, 0.15) is 0 Å². The third-order valence-electron chi connectivity index (χ3n) is 7.30. The molecular weight excluding hydrogens is 252 g/mol. The van der Waals surface area contributed by atoms with Crippen molar-refractivity contribution in [1.29, 1.82) is 0 Å². The highest BCUT2D eigenvalue weighted by Gasteiger charge is 2.45. The molecule has 0 N–H and O–H groups in total. The molecule has 2 aliphatic carbocycles. The highest BCUT2D eigenvalue weighted by Crippen LogP contribution is 2.54. The maximum absolute atomic E-state index is 2.68. The number of hydrogen-bond acceptors (Lipinski definition) is 0. The smallest absolute Gasteiger partial charge is 0.0246 e. The van der Waals surface area contributed by atoms with Crippen molar-refractivity contribution in [2.24, 2.45) is 16.7 Å². The second-order valence-corrected chi connectivity index (χ2v) is 8.96. The normalized spacial score (nSPS) is 33.9. The van der Waals surface area contributed by atoms with Crippen LogP contribution in [0.25, 0.3) is 0 Å². The molecule has 0 heteroatoms. The monoisotopic (exact) mass is 292 g/mol. The van der Waals surface area contributed by atoms with Crippen molar-refractivity contribution in [2.75, 3.05) is 0 Å². The second kappa shape index (κ2) is 8.02. The molecule has 0 radical (unpaired) electrons. The van der Waals surface area contributed by atoms with Crippen LogP contribution in [0.2, 0.25) is 0 Å². The summed E-state index contributed by atoms with van der Waals surface area (Å²) in [5.41, 5.74) is 1.12. The molecular formula is C21H40. The van der Waals surface area contributed by atoms with E-state index in [2.05, 4.69) is 20.8 Å². The van der Waals surface area contributed by atoms with Gasteiger partial charge in [0.15, 0.2) is 0 Å². The van der Waals surface area contributed by atoms with E-state index in [1.165, 1.54) is 96.3 Å². The average Bonchev–Trinajstić information content (AvgIpc) is 2.62. The van der Waals surface area contributed by atoms with Crippen molar-refractivity contribution < 1.29 is 0 Å². The highest BCUT2D eigenvalue weighted by molar-refractivity contribution is 4.95. The minimum Gasteiger partial charge on any atom is -0.0594 e. The van der Waals surface area contributed by atoms with E-state index in [0.29, 0.717) is 10.8 Å². The molecule has 0 spiro atoms. The van der Waals surface area contributed by atoms with E-state index in [9.17, 15) is 0 Å². The lowest BCUT2D eigenvalue weighted by Crippen LogP contribution is -2.41. The van der Waals surface area contributed by atoms with Gasteiger partial charge in [0.25, 0.3) is 0 Å². The zero-order valence-corrected chi connectivity index (χ0v) is 15.2. The number of rotatable bonds is 1. The van der Waals surface area contributed by atoms with Gasteiger partial charge in [-0.25, -0.2) is 0 Å². The summed E-state index contributed by atoms with van der Waals surface area (Å²) in [5.74, 6) is 0.990. The first-order valence-electron chi connectivity index (χ1n) is 10.1. The summed E-state index contributed by atoms with van der Waals surface area (Å²) in [4.78, 5) is 0. The predicted octanol–water partition coefficient (Wildman–Crippen LogP) is 7.51. The standard InChI is InChI=1S/C21H40/c1-20(2)17-13-9-6-10-14-18-21(20,3)19-15-11-7-4-5-8-12-16-19/h19H,4-18H2,1-3H3. The first-order valence-corrected chi connectivity index (χ1v) is 10.1. The van der Waals surface area contributed by atoms with Crippen molar-refractivity contribution in [1.82, 2.24) is 0 Å². The van der Waals surface area contributed by atoms with Gasteiger partial charge < -0.3 is 0 Å². The maximum atomic E-state index is 2.68. The highest BCUT2D eigenvalue weighted by atomic mass is 14.5. The zero-order chi connectivity index (χ0) is 15.2. The van der Waals surface area contributed by atoms with Crippen LogP contribution >= 0.6 is 0 Å². The average molecular weight is 293 g/mol. The summed E-state index contributed by atoms with van der Waals surface area (Å²) >= 11 is 0. The lowest BCUT2D eigenvalue weighted by atomic mass is 9.55. The Morgan fingerprint density at radius 1 is 0.524 bits per heavy atom.